The summed E-state index contributed by atoms with van der Waals surface area (Å²) in [4.78, 5) is 29.3. The highest BCUT2D eigenvalue weighted by molar-refractivity contribution is 7.15. The predicted molar refractivity (Wildman–Crippen MR) is 106 cm³/mol. The maximum absolute atomic E-state index is 13.1. The monoisotopic (exact) mass is 378 g/mol. The first-order valence-electron chi connectivity index (χ1n) is 9.31. The summed E-state index contributed by atoms with van der Waals surface area (Å²) in [6.45, 7) is 3.39. The van der Waals surface area contributed by atoms with E-state index in [1.165, 1.54) is 4.88 Å². The Morgan fingerprint density at radius 2 is 1.85 bits per heavy atom. The summed E-state index contributed by atoms with van der Waals surface area (Å²) in [7, 11) is 0. The largest absolute Gasteiger partial charge is 0.338 e. The van der Waals surface area contributed by atoms with Gasteiger partial charge >= 0.3 is 0 Å². The summed E-state index contributed by atoms with van der Waals surface area (Å²) < 4.78 is 0. The molecule has 1 aliphatic rings. The molecule has 3 aromatic heterocycles. The zero-order valence-corrected chi connectivity index (χ0v) is 16.2. The summed E-state index contributed by atoms with van der Waals surface area (Å²) in [6.07, 6.45) is 9.70. The lowest BCUT2D eigenvalue weighted by molar-refractivity contribution is -0.136. The van der Waals surface area contributed by atoms with E-state index in [1.54, 1.807) is 36.1 Å². The first-order chi connectivity index (χ1) is 13.2. The van der Waals surface area contributed by atoms with Crippen molar-refractivity contribution in [3.8, 4) is 10.6 Å². The lowest BCUT2D eigenvalue weighted by Gasteiger charge is -2.28. The van der Waals surface area contributed by atoms with Gasteiger partial charge in [-0.1, -0.05) is 0 Å². The first kappa shape index (κ1) is 17.8. The standard InChI is InChI=1S/C21H22N4OS/c1-2-25(14-15-5-9-22-10-6-15)21(26)17-3-4-19-18(13-17)24-20(27-19)16-7-11-23-12-8-16/h5-12,17H,2-4,13-14H2,1H3. The van der Waals surface area contributed by atoms with Gasteiger partial charge in [-0.3, -0.25) is 14.8 Å². The van der Waals surface area contributed by atoms with Gasteiger partial charge in [0.05, 0.1) is 5.69 Å². The normalized spacial score (nSPS) is 16.0. The Labute approximate surface area is 163 Å². The predicted octanol–water partition coefficient (Wildman–Crippen LogP) is 3.75. The molecule has 0 spiro atoms. The summed E-state index contributed by atoms with van der Waals surface area (Å²) >= 11 is 1.75. The number of fused-ring (bicyclic) bond motifs is 1. The van der Waals surface area contributed by atoms with Crippen molar-refractivity contribution in [2.24, 2.45) is 5.92 Å². The van der Waals surface area contributed by atoms with Crippen LogP contribution in [0.1, 0.15) is 29.5 Å². The van der Waals surface area contributed by atoms with Crippen LogP contribution in [0.15, 0.2) is 49.1 Å². The molecule has 6 heteroatoms. The number of carbonyl (C=O) groups excluding carboxylic acids is 1. The van der Waals surface area contributed by atoms with Gasteiger partial charge in [-0.2, -0.15) is 0 Å². The topological polar surface area (TPSA) is 59.0 Å². The Hall–Kier alpha value is -2.60. The highest BCUT2D eigenvalue weighted by atomic mass is 32.1. The molecular weight excluding hydrogens is 356 g/mol. The molecular formula is C21H22N4OS. The van der Waals surface area contributed by atoms with Crippen molar-refractivity contribution in [2.75, 3.05) is 6.54 Å². The molecule has 1 atom stereocenters. The molecule has 1 unspecified atom stereocenters. The van der Waals surface area contributed by atoms with Crippen molar-refractivity contribution in [1.29, 1.82) is 0 Å². The Kier molecular flexibility index (Phi) is 5.25. The Bertz CT molecular complexity index is 910. The molecule has 0 aromatic carbocycles. The number of carbonyl (C=O) groups is 1. The van der Waals surface area contributed by atoms with Crippen LogP contribution in [-0.2, 0) is 24.2 Å². The van der Waals surface area contributed by atoms with Gasteiger partial charge in [0.15, 0.2) is 0 Å². The summed E-state index contributed by atoms with van der Waals surface area (Å²) in [6, 6.07) is 7.91. The van der Waals surface area contributed by atoms with Crippen molar-refractivity contribution < 1.29 is 4.79 Å². The van der Waals surface area contributed by atoms with E-state index >= 15 is 0 Å². The fourth-order valence-electron chi connectivity index (χ4n) is 3.52. The number of hydrogen-bond acceptors (Lipinski definition) is 5. The maximum atomic E-state index is 13.1. The zero-order valence-electron chi connectivity index (χ0n) is 15.3. The minimum atomic E-state index is 0.0201. The van der Waals surface area contributed by atoms with Crippen molar-refractivity contribution in [2.45, 2.75) is 32.7 Å². The Balaban J connectivity index is 1.48. The van der Waals surface area contributed by atoms with Crippen LogP contribution in [0.25, 0.3) is 10.6 Å². The van der Waals surface area contributed by atoms with E-state index in [-0.39, 0.29) is 11.8 Å². The van der Waals surface area contributed by atoms with Gasteiger partial charge in [-0.05, 0) is 49.6 Å². The molecule has 5 nitrogen and oxygen atoms in total. The minimum absolute atomic E-state index is 0.0201. The third-order valence-electron chi connectivity index (χ3n) is 5.03. The molecule has 0 N–H and O–H groups in total. The molecule has 3 heterocycles. The second kappa shape index (κ2) is 7.96. The van der Waals surface area contributed by atoms with Crippen molar-refractivity contribution in [3.63, 3.8) is 0 Å². The number of thiazole rings is 1. The van der Waals surface area contributed by atoms with Crippen LogP contribution in [-0.4, -0.2) is 32.3 Å². The van der Waals surface area contributed by atoms with Gasteiger partial charge in [0, 0.05) is 60.7 Å². The van der Waals surface area contributed by atoms with E-state index in [0.29, 0.717) is 13.1 Å². The number of nitrogens with zero attached hydrogens (tertiary/aromatic N) is 4. The fourth-order valence-corrected chi connectivity index (χ4v) is 4.63. The zero-order chi connectivity index (χ0) is 18.6. The van der Waals surface area contributed by atoms with E-state index < -0.39 is 0 Å². The summed E-state index contributed by atoms with van der Waals surface area (Å²) in [5, 5.41) is 1.03. The maximum Gasteiger partial charge on any atom is 0.226 e. The second-order valence-electron chi connectivity index (χ2n) is 6.77. The quantitative estimate of drug-likeness (QED) is 0.678. The highest BCUT2D eigenvalue weighted by Gasteiger charge is 2.30. The van der Waals surface area contributed by atoms with Gasteiger partial charge in [0.1, 0.15) is 5.01 Å². The number of aromatic nitrogens is 3. The van der Waals surface area contributed by atoms with Crippen molar-refractivity contribution >= 4 is 17.2 Å². The lowest BCUT2D eigenvalue weighted by atomic mass is 9.89. The van der Waals surface area contributed by atoms with E-state index in [9.17, 15) is 4.79 Å². The van der Waals surface area contributed by atoms with Gasteiger partial charge in [-0.15, -0.1) is 11.3 Å². The van der Waals surface area contributed by atoms with Crippen LogP contribution in [0.3, 0.4) is 0 Å². The summed E-state index contributed by atoms with van der Waals surface area (Å²) in [5.41, 5.74) is 3.31. The third-order valence-corrected chi connectivity index (χ3v) is 6.24. The molecule has 138 valence electrons. The number of pyridine rings is 2. The smallest absolute Gasteiger partial charge is 0.226 e. The van der Waals surface area contributed by atoms with Gasteiger partial charge in [0.2, 0.25) is 5.91 Å². The van der Waals surface area contributed by atoms with Crippen LogP contribution < -0.4 is 0 Å². The number of hydrogen-bond donors (Lipinski definition) is 0. The molecule has 3 aromatic rings. The molecule has 0 saturated heterocycles. The van der Waals surface area contributed by atoms with E-state index in [2.05, 4.69) is 9.97 Å². The number of aryl methyl sites for hydroxylation is 1. The Morgan fingerprint density at radius 3 is 2.56 bits per heavy atom. The van der Waals surface area contributed by atoms with Crippen LogP contribution >= 0.6 is 11.3 Å². The first-order valence-corrected chi connectivity index (χ1v) is 10.1. The number of amides is 1. The van der Waals surface area contributed by atoms with E-state index in [1.807, 2.05) is 36.1 Å². The minimum Gasteiger partial charge on any atom is -0.338 e. The van der Waals surface area contributed by atoms with E-state index in [4.69, 9.17) is 4.98 Å². The van der Waals surface area contributed by atoms with Gasteiger partial charge < -0.3 is 4.90 Å². The summed E-state index contributed by atoms with van der Waals surface area (Å²) in [5.74, 6) is 0.255. The molecule has 4 rings (SSSR count). The van der Waals surface area contributed by atoms with E-state index in [0.717, 1.165) is 41.1 Å². The fraction of sp³-hybridized carbons (Fsp3) is 0.333. The van der Waals surface area contributed by atoms with Crippen molar-refractivity contribution in [1.82, 2.24) is 19.9 Å². The van der Waals surface area contributed by atoms with Crippen LogP contribution in [0.4, 0.5) is 0 Å². The van der Waals surface area contributed by atoms with Crippen LogP contribution in [0, 0.1) is 5.92 Å². The molecule has 27 heavy (non-hydrogen) atoms. The molecule has 1 aliphatic carbocycles. The Morgan fingerprint density at radius 1 is 1.15 bits per heavy atom. The molecule has 0 saturated carbocycles. The molecule has 0 aliphatic heterocycles. The molecule has 0 radical (unpaired) electrons. The lowest BCUT2D eigenvalue weighted by Crippen LogP contribution is -2.37. The average molecular weight is 379 g/mol. The van der Waals surface area contributed by atoms with Crippen molar-refractivity contribution in [3.05, 3.63) is 65.2 Å². The van der Waals surface area contributed by atoms with Gasteiger partial charge in [0.25, 0.3) is 0 Å². The molecule has 0 fully saturated rings. The van der Waals surface area contributed by atoms with Gasteiger partial charge in [-0.25, -0.2) is 4.98 Å². The second-order valence-corrected chi connectivity index (χ2v) is 7.86. The molecule has 0 bridgehead atoms. The molecule has 1 amide bonds. The third kappa shape index (κ3) is 3.90. The average Bonchev–Trinajstić information content (AvgIpc) is 3.16. The SMILES string of the molecule is CCN(Cc1ccncc1)C(=O)C1CCc2sc(-c3ccncc3)nc2C1. The number of rotatable bonds is 5. The van der Waals surface area contributed by atoms with Crippen LogP contribution in [0.5, 0.6) is 0 Å². The highest BCUT2D eigenvalue weighted by Crippen LogP contribution is 2.35. The van der Waals surface area contributed by atoms with Crippen LogP contribution in [0.2, 0.25) is 0 Å².